The molecule has 0 aromatic heterocycles. The molecule has 0 fully saturated rings. The molecule has 1 atom stereocenters. The lowest BCUT2D eigenvalue weighted by molar-refractivity contribution is 0.788. The molecule has 2 rings (SSSR count). The van der Waals surface area contributed by atoms with Crippen molar-refractivity contribution in [2.45, 2.75) is 25.7 Å². The average Bonchev–Trinajstić information content (AvgIpc) is 2.41. The maximum Gasteiger partial charge on any atom is -0.0159 e. The van der Waals surface area contributed by atoms with Crippen molar-refractivity contribution in [1.82, 2.24) is 0 Å². The second-order valence-electron chi connectivity index (χ2n) is 4.46. The largest absolute Gasteiger partial charge is 0.0622 e. The van der Waals surface area contributed by atoms with Crippen LogP contribution < -0.4 is 0 Å². The lowest BCUT2D eigenvalue weighted by atomic mass is 9.94. The SMILES string of the molecule is CC([CH]CCc1ccccc1)c1ccccc1. The zero-order chi connectivity index (χ0) is 11.9. The Hall–Kier alpha value is -1.56. The van der Waals surface area contributed by atoms with Gasteiger partial charge in [-0.1, -0.05) is 67.6 Å². The zero-order valence-electron chi connectivity index (χ0n) is 10.3. The molecular weight excluding hydrogens is 204 g/mol. The highest BCUT2D eigenvalue weighted by molar-refractivity contribution is 5.22. The van der Waals surface area contributed by atoms with Crippen LogP contribution in [0.25, 0.3) is 0 Å². The molecule has 0 saturated carbocycles. The van der Waals surface area contributed by atoms with E-state index in [9.17, 15) is 0 Å². The van der Waals surface area contributed by atoms with Crippen LogP contribution >= 0.6 is 0 Å². The Morgan fingerprint density at radius 1 is 0.882 bits per heavy atom. The van der Waals surface area contributed by atoms with E-state index in [1.807, 2.05) is 0 Å². The van der Waals surface area contributed by atoms with E-state index in [4.69, 9.17) is 0 Å². The highest BCUT2D eigenvalue weighted by Crippen LogP contribution is 2.20. The van der Waals surface area contributed by atoms with Crippen LogP contribution in [-0.2, 0) is 6.42 Å². The summed E-state index contributed by atoms with van der Waals surface area (Å²) in [4.78, 5) is 0. The first-order chi connectivity index (χ1) is 8.36. The minimum atomic E-state index is 0.542. The van der Waals surface area contributed by atoms with Crippen LogP contribution in [-0.4, -0.2) is 0 Å². The highest BCUT2D eigenvalue weighted by atomic mass is 14.1. The minimum absolute atomic E-state index is 0.542. The molecule has 0 amide bonds. The first-order valence-corrected chi connectivity index (χ1v) is 6.28. The number of rotatable bonds is 5. The monoisotopic (exact) mass is 223 g/mol. The van der Waals surface area contributed by atoms with Gasteiger partial charge in [-0.25, -0.2) is 0 Å². The fourth-order valence-corrected chi connectivity index (χ4v) is 2.04. The van der Waals surface area contributed by atoms with Crippen LogP contribution in [0.2, 0.25) is 0 Å². The molecule has 0 nitrogen and oxygen atoms in total. The lowest BCUT2D eigenvalue weighted by Gasteiger charge is -2.11. The maximum absolute atomic E-state index is 2.41. The predicted molar refractivity (Wildman–Crippen MR) is 73.9 cm³/mol. The Kier molecular flexibility index (Phi) is 4.37. The first kappa shape index (κ1) is 11.9. The fraction of sp³-hybridized carbons (Fsp3) is 0.235. The molecule has 17 heavy (non-hydrogen) atoms. The van der Waals surface area contributed by atoms with Crippen molar-refractivity contribution in [1.29, 1.82) is 0 Å². The third-order valence-electron chi connectivity index (χ3n) is 3.12. The summed E-state index contributed by atoms with van der Waals surface area (Å²) in [6, 6.07) is 21.4. The molecule has 87 valence electrons. The summed E-state index contributed by atoms with van der Waals surface area (Å²) in [5.41, 5.74) is 2.82. The van der Waals surface area contributed by atoms with E-state index >= 15 is 0 Å². The summed E-state index contributed by atoms with van der Waals surface area (Å²) in [6.45, 7) is 2.26. The zero-order valence-corrected chi connectivity index (χ0v) is 10.3. The van der Waals surface area contributed by atoms with E-state index in [1.165, 1.54) is 11.1 Å². The Morgan fingerprint density at radius 3 is 2.12 bits per heavy atom. The van der Waals surface area contributed by atoms with Gasteiger partial charge in [-0.2, -0.15) is 0 Å². The van der Waals surface area contributed by atoms with E-state index < -0.39 is 0 Å². The summed E-state index contributed by atoms with van der Waals surface area (Å²) < 4.78 is 0. The topological polar surface area (TPSA) is 0 Å². The van der Waals surface area contributed by atoms with E-state index in [0.717, 1.165) is 12.8 Å². The molecule has 0 spiro atoms. The summed E-state index contributed by atoms with van der Waals surface area (Å²) in [7, 11) is 0. The van der Waals surface area contributed by atoms with Crippen molar-refractivity contribution < 1.29 is 0 Å². The molecule has 2 aromatic carbocycles. The molecule has 2 aromatic rings. The maximum atomic E-state index is 2.41. The summed E-state index contributed by atoms with van der Waals surface area (Å²) >= 11 is 0. The Morgan fingerprint density at radius 2 is 1.47 bits per heavy atom. The second kappa shape index (κ2) is 6.24. The molecule has 0 aliphatic carbocycles. The van der Waals surface area contributed by atoms with Crippen LogP contribution in [0.3, 0.4) is 0 Å². The standard InChI is InChI=1S/C17H19/c1-15(17-13-6-3-7-14-17)9-8-12-16-10-4-2-5-11-16/h2-7,9-11,13-15H,8,12H2,1H3. The summed E-state index contributed by atoms with van der Waals surface area (Å²) in [6.07, 6.45) is 4.68. The number of hydrogen-bond acceptors (Lipinski definition) is 0. The van der Waals surface area contributed by atoms with Crippen LogP contribution in [0.5, 0.6) is 0 Å². The van der Waals surface area contributed by atoms with Gasteiger partial charge in [0.15, 0.2) is 0 Å². The molecule has 0 saturated heterocycles. The number of aryl methyl sites for hydroxylation is 1. The normalized spacial score (nSPS) is 12.3. The van der Waals surface area contributed by atoms with Crippen molar-refractivity contribution in [2.75, 3.05) is 0 Å². The van der Waals surface area contributed by atoms with Gasteiger partial charge in [0.05, 0.1) is 0 Å². The molecule has 0 aliphatic heterocycles. The third-order valence-corrected chi connectivity index (χ3v) is 3.12. The van der Waals surface area contributed by atoms with Crippen LogP contribution in [0, 0.1) is 6.42 Å². The van der Waals surface area contributed by atoms with Gasteiger partial charge in [0.25, 0.3) is 0 Å². The van der Waals surface area contributed by atoms with Crippen molar-refractivity contribution in [3.8, 4) is 0 Å². The molecule has 1 unspecified atom stereocenters. The quantitative estimate of drug-likeness (QED) is 0.693. The van der Waals surface area contributed by atoms with E-state index in [0.29, 0.717) is 5.92 Å². The van der Waals surface area contributed by atoms with Crippen LogP contribution in [0.1, 0.15) is 30.4 Å². The molecule has 0 heterocycles. The molecule has 0 bridgehead atoms. The average molecular weight is 223 g/mol. The molecule has 1 radical (unpaired) electrons. The smallest absolute Gasteiger partial charge is 0.0159 e. The third kappa shape index (κ3) is 3.74. The number of benzene rings is 2. The van der Waals surface area contributed by atoms with Gasteiger partial charge >= 0.3 is 0 Å². The van der Waals surface area contributed by atoms with Gasteiger partial charge in [-0.15, -0.1) is 0 Å². The van der Waals surface area contributed by atoms with Crippen LogP contribution in [0.15, 0.2) is 60.7 Å². The first-order valence-electron chi connectivity index (χ1n) is 6.28. The Balaban J connectivity index is 1.79. The van der Waals surface area contributed by atoms with Gasteiger partial charge in [-0.3, -0.25) is 0 Å². The molecular formula is C17H19. The minimum Gasteiger partial charge on any atom is -0.0622 e. The van der Waals surface area contributed by atoms with E-state index in [1.54, 1.807) is 0 Å². The van der Waals surface area contributed by atoms with Crippen molar-refractivity contribution >= 4 is 0 Å². The van der Waals surface area contributed by atoms with Gasteiger partial charge in [0.2, 0.25) is 0 Å². The van der Waals surface area contributed by atoms with Crippen molar-refractivity contribution in [3.05, 3.63) is 78.2 Å². The lowest BCUT2D eigenvalue weighted by Crippen LogP contribution is -1.95. The summed E-state index contributed by atoms with van der Waals surface area (Å²) in [5.74, 6) is 0.542. The number of hydrogen-bond donors (Lipinski definition) is 0. The second-order valence-corrected chi connectivity index (χ2v) is 4.46. The van der Waals surface area contributed by atoms with Gasteiger partial charge in [0, 0.05) is 0 Å². The predicted octanol–water partition coefficient (Wildman–Crippen LogP) is 4.63. The molecule has 0 heteroatoms. The summed E-state index contributed by atoms with van der Waals surface area (Å²) in [5, 5.41) is 0. The van der Waals surface area contributed by atoms with Crippen LogP contribution in [0.4, 0.5) is 0 Å². The van der Waals surface area contributed by atoms with Crippen molar-refractivity contribution in [2.24, 2.45) is 0 Å². The molecule has 0 aliphatic rings. The molecule has 0 N–H and O–H groups in total. The van der Waals surface area contributed by atoms with Gasteiger partial charge in [0.1, 0.15) is 0 Å². The Bertz CT molecular complexity index is 416. The highest BCUT2D eigenvalue weighted by Gasteiger charge is 2.04. The van der Waals surface area contributed by atoms with E-state index in [2.05, 4.69) is 74.0 Å². The fourth-order valence-electron chi connectivity index (χ4n) is 2.04. The van der Waals surface area contributed by atoms with Gasteiger partial charge in [-0.05, 0) is 36.3 Å². The Labute approximate surface area is 104 Å². The van der Waals surface area contributed by atoms with Crippen molar-refractivity contribution in [3.63, 3.8) is 0 Å². The van der Waals surface area contributed by atoms with Gasteiger partial charge < -0.3 is 0 Å². The van der Waals surface area contributed by atoms with E-state index in [-0.39, 0.29) is 0 Å².